The van der Waals surface area contributed by atoms with E-state index in [9.17, 15) is 0 Å². The van der Waals surface area contributed by atoms with Crippen molar-refractivity contribution in [2.45, 2.75) is 37.8 Å². The molecule has 0 amide bonds. The summed E-state index contributed by atoms with van der Waals surface area (Å²) in [5.74, 6) is 0. The van der Waals surface area contributed by atoms with Crippen molar-refractivity contribution in [3.05, 3.63) is 42.0 Å². The predicted molar refractivity (Wildman–Crippen MR) is 81.1 cm³/mol. The molecule has 2 unspecified atom stereocenters. The van der Waals surface area contributed by atoms with Gasteiger partial charge in [-0.1, -0.05) is 48.9 Å². The largest absolute Gasteiger partial charge is 0.309 e. The molecule has 1 aromatic rings. The zero-order valence-electron chi connectivity index (χ0n) is 11.6. The summed E-state index contributed by atoms with van der Waals surface area (Å²) < 4.78 is 0. The monoisotopic (exact) mass is 256 g/mol. The summed E-state index contributed by atoms with van der Waals surface area (Å²) in [5.41, 5.74) is 1.29. The zero-order chi connectivity index (χ0) is 12.9. The standard InChI is InChI=1S/C17H24N2/c1-2-7-15(8-3-1)9-6-12-18-16-11-14-19-13-5-4-10-17(16)19/h1-3,6-9,16-18H,4-5,10-14H2/b9-6+. The topological polar surface area (TPSA) is 15.3 Å². The molecule has 1 N–H and O–H groups in total. The molecule has 0 spiro atoms. The molecule has 2 fully saturated rings. The maximum atomic E-state index is 3.72. The van der Waals surface area contributed by atoms with Gasteiger partial charge < -0.3 is 5.32 Å². The molecule has 0 aliphatic carbocycles. The first-order chi connectivity index (χ1) is 9.43. The minimum atomic E-state index is 0.709. The van der Waals surface area contributed by atoms with E-state index in [-0.39, 0.29) is 0 Å². The van der Waals surface area contributed by atoms with Crippen molar-refractivity contribution in [3.8, 4) is 0 Å². The van der Waals surface area contributed by atoms with Gasteiger partial charge >= 0.3 is 0 Å². The number of benzene rings is 1. The molecule has 2 aliphatic rings. The van der Waals surface area contributed by atoms with Crippen LogP contribution in [0.1, 0.15) is 31.2 Å². The first-order valence-electron chi connectivity index (χ1n) is 7.62. The summed E-state index contributed by atoms with van der Waals surface area (Å²) in [6, 6.07) is 12.0. The van der Waals surface area contributed by atoms with Crippen LogP contribution in [0.5, 0.6) is 0 Å². The van der Waals surface area contributed by atoms with Gasteiger partial charge in [0.15, 0.2) is 0 Å². The lowest BCUT2D eigenvalue weighted by Gasteiger charge is -2.32. The van der Waals surface area contributed by atoms with E-state index in [0.717, 1.165) is 12.6 Å². The van der Waals surface area contributed by atoms with Crippen LogP contribution in [0.2, 0.25) is 0 Å². The number of rotatable bonds is 4. The molecule has 2 atom stereocenters. The third-order valence-electron chi connectivity index (χ3n) is 4.46. The SMILES string of the molecule is C(=C\c1ccccc1)/CNC1CCN2CCCCC12. The van der Waals surface area contributed by atoms with Gasteiger partial charge in [0.25, 0.3) is 0 Å². The van der Waals surface area contributed by atoms with Crippen molar-refractivity contribution in [1.82, 2.24) is 10.2 Å². The minimum absolute atomic E-state index is 0.709. The Hall–Kier alpha value is -1.12. The van der Waals surface area contributed by atoms with Gasteiger partial charge in [0.2, 0.25) is 0 Å². The smallest absolute Gasteiger partial charge is 0.0249 e. The molecule has 0 saturated carbocycles. The van der Waals surface area contributed by atoms with Crippen LogP contribution in [-0.2, 0) is 0 Å². The highest BCUT2D eigenvalue weighted by atomic mass is 15.2. The highest BCUT2D eigenvalue weighted by Crippen LogP contribution is 2.26. The van der Waals surface area contributed by atoms with E-state index < -0.39 is 0 Å². The van der Waals surface area contributed by atoms with Gasteiger partial charge in [0.05, 0.1) is 0 Å². The van der Waals surface area contributed by atoms with Gasteiger partial charge in [-0.15, -0.1) is 0 Å². The molecule has 0 aromatic heterocycles. The highest BCUT2D eigenvalue weighted by Gasteiger charge is 2.34. The van der Waals surface area contributed by atoms with Crippen molar-refractivity contribution in [2.75, 3.05) is 19.6 Å². The molecule has 1 aromatic carbocycles. The lowest BCUT2D eigenvalue weighted by molar-refractivity contribution is 0.182. The van der Waals surface area contributed by atoms with Crippen LogP contribution in [-0.4, -0.2) is 36.6 Å². The van der Waals surface area contributed by atoms with Crippen LogP contribution in [0.15, 0.2) is 36.4 Å². The summed E-state index contributed by atoms with van der Waals surface area (Å²) >= 11 is 0. The van der Waals surface area contributed by atoms with Crippen LogP contribution < -0.4 is 5.32 Å². The Balaban J connectivity index is 1.46. The van der Waals surface area contributed by atoms with Crippen molar-refractivity contribution in [3.63, 3.8) is 0 Å². The summed E-state index contributed by atoms with van der Waals surface area (Å²) in [6.45, 7) is 3.61. The van der Waals surface area contributed by atoms with Crippen LogP contribution in [0.4, 0.5) is 0 Å². The molecular weight excluding hydrogens is 232 g/mol. The number of nitrogens with one attached hydrogen (secondary N) is 1. The maximum absolute atomic E-state index is 3.72. The molecule has 0 bridgehead atoms. The maximum Gasteiger partial charge on any atom is 0.0249 e. The van der Waals surface area contributed by atoms with Gasteiger partial charge in [0, 0.05) is 25.2 Å². The zero-order valence-corrected chi connectivity index (χ0v) is 11.6. The molecule has 2 nitrogen and oxygen atoms in total. The lowest BCUT2D eigenvalue weighted by atomic mass is 9.99. The van der Waals surface area contributed by atoms with E-state index in [2.05, 4.69) is 52.7 Å². The third-order valence-corrected chi connectivity index (χ3v) is 4.46. The lowest BCUT2D eigenvalue weighted by Crippen LogP contribution is -2.44. The second kappa shape index (κ2) is 6.36. The second-order valence-electron chi connectivity index (χ2n) is 5.72. The fourth-order valence-electron chi connectivity index (χ4n) is 3.46. The van der Waals surface area contributed by atoms with Crippen molar-refractivity contribution in [1.29, 1.82) is 0 Å². The van der Waals surface area contributed by atoms with E-state index in [1.807, 2.05) is 0 Å². The molecule has 2 heteroatoms. The second-order valence-corrected chi connectivity index (χ2v) is 5.72. The molecular formula is C17H24N2. The van der Waals surface area contributed by atoms with Gasteiger partial charge in [0.1, 0.15) is 0 Å². The molecule has 2 saturated heterocycles. The summed E-state index contributed by atoms with van der Waals surface area (Å²) in [7, 11) is 0. The first-order valence-corrected chi connectivity index (χ1v) is 7.62. The Morgan fingerprint density at radius 2 is 2.00 bits per heavy atom. The Morgan fingerprint density at radius 1 is 1.11 bits per heavy atom. The Morgan fingerprint density at radius 3 is 2.89 bits per heavy atom. The van der Waals surface area contributed by atoms with E-state index in [0.29, 0.717) is 6.04 Å². The van der Waals surface area contributed by atoms with E-state index >= 15 is 0 Å². The van der Waals surface area contributed by atoms with E-state index in [4.69, 9.17) is 0 Å². The summed E-state index contributed by atoms with van der Waals surface area (Å²) in [5, 5.41) is 3.72. The summed E-state index contributed by atoms with van der Waals surface area (Å²) in [4.78, 5) is 2.68. The van der Waals surface area contributed by atoms with Gasteiger partial charge in [-0.3, -0.25) is 4.90 Å². The Bertz CT molecular complexity index is 413. The van der Waals surface area contributed by atoms with Crippen molar-refractivity contribution < 1.29 is 0 Å². The van der Waals surface area contributed by atoms with Crippen molar-refractivity contribution in [2.24, 2.45) is 0 Å². The minimum Gasteiger partial charge on any atom is -0.309 e. The average molecular weight is 256 g/mol. The first kappa shape index (κ1) is 12.9. The number of nitrogens with zero attached hydrogens (tertiary/aromatic N) is 1. The van der Waals surface area contributed by atoms with Crippen LogP contribution in [0.3, 0.4) is 0 Å². The van der Waals surface area contributed by atoms with Gasteiger partial charge in [-0.2, -0.15) is 0 Å². The van der Waals surface area contributed by atoms with Gasteiger partial charge in [-0.25, -0.2) is 0 Å². The molecule has 2 aliphatic heterocycles. The predicted octanol–water partition coefficient (Wildman–Crippen LogP) is 2.92. The number of piperidine rings is 1. The summed E-state index contributed by atoms with van der Waals surface area (Å²) in [6.07, 6.45) is 9.99. The Labute approximate surface area is 116 Å². The van der Waals surface area contributed by atoms with Gasteiger partial charge in [-0.05, 0) is 31.4 Å². The number of fused-ring (bicyclic) bond motifs is 1. The van der Waals surface area contributed by atoms with E-state index in [1.165, 1.54) is 44.3 Å². The number of hydrogen-bond donors (Lipinski definition) is 1. The molecule has 3 rings (SSSR count). The number of hydrogen-bond acceptors (Lipinski definition) is 2. The van der Waals surface area contributed by atoms with Crippen LogP contribution >= 0.6 is 0 Å². The molecule has 2 heterocycles. The molecule has 19 heavy (non-hydrogen) atoms. The fraction of sp³-hybridized carbons (Fsp3) is 0.529. The molecule has 0 radical (unpaired) electrons. The quantitative estimate of drug-likeness (QED) is 0.891. The highest BCUT2D eigenvalue weighted by molar-refractivity contribution is 5.48. The van der Waals surface area contributed by atoms with Crippen LogP contribution in [0.25, 0.3) is 6.08 Å². The molecule has 102 valence electrons. The van der Waals surface area contributed by atoms with Crippen molar-refractivity contribution >= 4 is 6.08 Å². The normalized spacial score (nSPS) is 27.8. The van der Waals surface area contributed by atoms with E-state index in [1.54, 1.807) is 0 Å². The third kappa shape index (κ3) is 3.26. The van der Waals surface area contributed by atoms with Crippen LogP contribution in [0, 0.1) is 0 Å². The average Bonchev–Trinajstić information content (AvgIpc) is 2.88. The Kier molecular flexibility index (Phi) is 4.31. The fourth-order valence-corrected chi connectivity index (χ4v) is 3.46.